The topological polar surface area (TPSA) is 86.5 Å². The molecule has 0 amide bonds. The number of aromatic nitrogens is 3. The van der Waals surface area contributed by atoms with E-state index in [9.17, 15) is 14.3 Å². The summed E-state index contributed by atoms with van der Waals surface area (Å²) in [5, 5.41) is 9.63. The molecule has 1 saturated heterocycles. The number of imidazole rings is 1. The quantitative estimate of drug-likeness (QED) is 0.181. The predicted molar refractivity (Wildman–Crippen MR) is 165 cm³/mol. The number of benzene rings is 3. The zero-order valence-corrected chi connectivity index (χ0v) is 25.4. The Balaban J connectivity index is 1.18. The number of carbonyl (C=O) groups is 1. The van der Waals surface area contributed by atoms with E-state index in [-0.39, 0.29) is 46.7 Å². The maximum atomic E-state index is 15.7. The molecule has 2 aliphatic rings. The van der Waals surface area contributed by atoms with Crippen molar-refractivity contribution in [1.82, 2.24) is 14.5 Å². The summed E-state index contributed by atoms with van der Waals surface area (Å²) in [5.74, 6) is -2.14. The van der Waals surface area contributed by atoms with Gasteiger partial charge in [-0.05, 0) is 85.2 Å². The Hall–Kier alpha value is -4.70. The van der Waals surface area contributed by atoms with Crippen LogP contribution in [0, 0.1) is 29.8 Å². The van der Waals surface area contributed by atoms with Crippen LogP contribution in [-0.2, 0) is 24.3 Å². The highest BCUT2D eigenvalue weighted by atomic mass is 19.1. The molecule has 1 aliphatic heterocycles. The molecule has 7 nitrogen and oxygen atoms in total. The molecule has 5 aromatic rings. The average Bonchev–Trinajstić information content (AvgIpc) is 3.66. The number of aryl methyl sites for hydroxylation is 1. The number of halogens is 3. The lowest BCUT2D eigenvalue weighted by Gasteiger charge is -2.29. The molecule has 3 heterocycles. The second-order valence-corrected chi connectivity index (χ2v) is 12.9. The molecule has 3 aromatic carbocycles. The number of aromatic carboxylic acids is 1. The lowest BCUT2D eigenvalue weighted by Crippen LogP contribution is -2.33. The summed E-state index contributed by atoms with van der Waals surface area (Å²) in [7, 11) is 0. The van der Waals surface area contributed by atoms with Gasteiger partial charge in [0.05, 0.1) is 41.0 Å². The Morgan fingerprint density at radius 3 is 2.52 bits per heavy atom. The van der Waals surface area contributed by atoms with Gasteiger partial charge in [-0.25, -0.2) is 27.9 Å². The number of fused-ring (bicyclic) bond motifs is 3. The molecule has 1 saturated carbocycles. The summed E-state index contributed by atoms with van der Waals surface area (Å²) in [5.41, 5.74) is 2.33. The van der Waals surface area contributed by atoms with Gasteiger partial charge in [0.2, 0.25) is 5.88 Å². The Morgan fingerprint density at radius 1 is 0.978 bits per heavy atom. The Bertz CT molecular complexity index is 2000. The summed E-state index contributed by atoms with van der Waals surface area (Å²) in [6, 6.07) is 16.5. The van der Waals surface area contributed by atoms with Gasteiger partial charge in [-0.1, -0.05) is 25.1 Å². The van der Waals surface area contributed by atoms with E-state index in [4.69, 9.17) is 14.5 Å². The monoisotopic (exact) mass is 627 g/mol. The number of carboxylic acids is 1. The van der Waals surface area contributed by atoms with Crippen LogP contribution in [0.3, 0.4) is 0 Å². The summed E-state index contributed by atoms with van der Waals surface area (Å²) in [6.07, 6.45) is 2.73. The molecular formula is C36H32F3N3O4. The van der Waals surface area contributed by atoms with E-state index in [2.05, 4.69) is 11.9 Å². The molecule has 1 aliphatic carbocycles. The van der Waals surface area contributed by atoms with Gasteiger partial charge in [-0.3, -0.25) is 0 Å². The minimum Gasteiger partial charge on any atom is -0.478 e. The van der Waals surface area contributed by atoms with Gasteiger partial charge in [-0.15, -0.1) is 0 Å². The highest BCUT2D eigenvalue weighted by molar-refractivity contribution is 5.92. The Labute approximate surface area is 263 Å². The third kappa shape index (κ3) is 5.62. The number of hydrogen-bond acceptors (Lipinski definition) is 5. The molecule has 2 bridgehead atoms. The van der Waals surface area contributed by atoms with Crippen LogP contribution in [0.15, 0.2) is 66.7 Å². The largest absolute Gasteiger partial charge is 0.478 e. The van der Waals surface area contributed by atoms with E-state index in [1.165, 1.54) is 12.1 Å². The van der Waals surface area contributed by atoms with E-state index in [0.717, 1.165) is 37.0 Å². The molecule has 46 heavy (non-hydrogen) atoms. The van der Waals surface area contributed by atoms with Crippen molar-refractivity contribution in [2.45, 2.75) is 58.3 Å². The van der Waals surface area contributed by atoms with E-state index < -0.39 is 29.0 Å². The zero-order chi connectivity index (χ0) is 32.2. The molecule has 7 rings (SSSR count). The van der Waals surface area contributed by atoms with Crippen molar-refractivity contribution in [3.8, 4) is 17.1 Å². The molecule has 2 unspecified atom stereocenters. The maximum absolute atomic E-state index is 15.7. The van der Waals surface area contributed by atoms with Crippen LogP contribution in [0.25, 0.3) is 22.3 Å². The van der Waals surface area contributed by atoms with E-state index in [1.807, 2.05) is 4.57 Å². The van der Waals surface area contributed by atoms with Crippen LogP contribution in [0.2, 0.25) is 0 Å². The fraction of sp³-hybridized carbons (Fsp3) is 0.306. The normalized spacial score (nSPS) is 20.5. The highest BCUT2D eigenvalue weighted by Gasteiger charge is 2.53. The summed E-state index contributed by atoms with van der Waals surface area (Å²) >= 11 is 0. The molecule has 2 atom stereocenters. The first-order chi connectivity index (χ1) is 22.0. The number of nitrogens with zero attached hydrogens (tertiary/aromatic N) is 3. The third-order valence-corrected chi connectivity index (χ3v) is 9.25. The lowest BCUT2D eigenvalue weighted by atomic mass is 9.90. The fourth-order valence-corrected chi connectivity index (χ4v) is 6.80. The van der Waals surface area contributed by atoms with Crippen LogP contribution >= 0.6 is 0 Å². The van der Waals surface area contributed by atoms with Gasteiger partial charge < -0.3 is 19.1 Å². The standard InChI is InChI=1S/C36H32F3N3O4/c1-21-6-7-23(26(37)12-21)17-45-33-5-3-4-29(41-33)25-16-27(38)24(13-28(25)39)15-32-40-30-9-8-22(34(43)44)14-31(30)42(32)19-36-11-10-35(2,18-36)20-46-36/h3-9,12-14,16H,10-11,15,17-20H2,1-2H3,(H,43,44). The number of hydrogen-bond donors (Lipinski definition) is 1. The third-order valence-electron chi connectivity index (χ3n) is 9.25. The summed E-state index contributed by atoms with van der Waals surface area (Å²) in [4.78, 5) is 20.8. The van der Waals surface area contributed by atoms with Crippen molar-refractivity contribution in [2.24, 2.45) is 5.41 Å². The van der Waals surface area contributed by atoms with Crippen LogP contribution < -0.4 is 4.74 Å². The molecule has 2 fully saturated rings. The highest BCUT2D eigenvalue weighted by Crippen LogP contribution is 2.53. The number of pyridine rings is 1. The van der Waals surface area contributed by atoms with Crippen molar-refractivity contribution in [2.75, 3.05) is 6.61 Å². The minimum absolute atomic E-state index is 0.0217. The summed E-state index contributed by atoms with van der Waals surface area (Å²) in [6.45, 7) is 5.01. The first kappa shape index (κ1) is 30.0. The first-order valence-corrected chi connectivity index (χ1v) is 15.2. The van der Waals surface area contributed by atoms with Crippen LogP contribution in [0.4, 0.5) is 13.2 Å². The lowest BCUT2D eigenvalue weighted by molar-refractivity contribution is -0.0367. The van der Waals surface area contributed by atoms with E-state index in [0.29, 0.717) is 35.6 Å². The molecule has 10 heteroatoms. The fourth-order valence-electron chi connectivity index (χ4n) is 6.80. The van der Waals surface area contributed by atoms with E-state index >= 15 is 8.78 Å². The van der Waals surface area contributed by atoms with Crippen LogP contribution in [0.1, 0.15) is 59.1 Å². The van der Waals surface area contributed by atoms with Crippen molar-refractivity contribution in [3.05, 3.63) is 112 Å². The van der Waals surface area contributed by atoms with Gasteiger partial charge in [0.15, 0.2) is 0 Å². The van der Waals surface area contributed by atoms with Gasteiger partial charge >= 0.3 is 5.97 Å². The average molecular weight is 628 g/mol. The number of rotatable bonds is 9. The minimum atomic E-state index is -1.06. The van der Waals surface area contributed by atoms with Crippen molar-refractivity contribution in [1.29, 1.82) is 0 Å². The van der Waals surface area contributed by atoms with Crippen molar-refractivity contribution >= 4 is 17.0 Å². The molecule has 0 radical (unpaired) electrons. The molecule has 236 valence electrons. The van der Waals surface area contributed by atoms with Gasteiger partial charge in [0, 0.05) is 23.6 Å². The van der Waals surface area contributed by atoms with Gasteiger partial charge in [0.1, 0.15) is 29.9 Å². The SMILES string of the molecule is Cc1ccc(COc2cccc(-c3cc(F)c(Cc4nc5ccc(C(=O)O)cc5n4CC45CCC(C)(CO4)C5)cc3F)n2)c(F)c1. The zero-order valence-electron chi connectivity index (χ0n) is 25.4. The van der Waals surface area contributed by atoms with Crippen LogP contribution in [-0.4, -0.2) is 37.8 Å². The van der Waals surface area contributed by atoms with Crippen molar-refractivity contribution < 1.29 is 32.5 Å². The molecule has 2 aromatic heterocycles. The smallest absolute Gasteiger partial charge is 0.335 e. The van der Waals surface area contributed by atoms with Crippen molar-refractivity contribution in [3.63, 3.8) is 0 Å². The van der Waals surface area contributed by atoms with Crippen LogP contribution in [0.5, 0.6) is 5.88 Å². The Kier molecular flexibility index (Phi) is 7.35. The molecule has 1 N–H and O–H groups in total. The van der Waals surface area contributed by atoms with E-state index in [1.54, 1.807) is 49.4 Å². The molecular weight excluding hydrogens is 595 g/mol. The van der Waals surface area contributed by atoms with Gasteiger partial charge in [0.25, 0.3) is 0 Å². The first-order valence-electron chi connectivity index (χ1n) is 15.2. The number of ether oxygens (including phenoxy) is 2. The maximum Gasteiger partial charge on any atom is 0.335 e. The van der Waals surface area contributed by atoms with Gasteiger partial charge in [-0.2, -0.15) is 0 Å². The predicted octanol–water partition coefficient (Wildman–Crippen LogP) is 7.65. The number of carboxylic acid groups (broad SMARTS) is 1. The molecule has 0 spiro atoms. The second kappa shape index (κ2) is 11.3. The second-order valence-electron chi connectivity index (χ2n) is 12.9. The Morgan fingerprint density at radius 2 is 1.80 bits per heavy atom. The summed E-state index contributed by atoms with van der Waals surface area (Å²) < 4.78 is 59.4.